The molecule has 1 unspecified atom stereocenters. The van der Waals surface area contributed by atoms with Gasteiger partial charge in [0.15, 0.2) is 0 Å². The largest absolute Gasteiger partial charge is 0.492 e. The Labute approximate surface area is 78.3 Å². The first kappa shape index (κ1) is 8.30. The molecule has 1 atom stereocenters. The lowest BCUT2D eigenvalue weighted by molar-refractivity contribution is 0.168. The molecule has 1 aliphatic rings. The average molecular weight is 175 g/mol. The third kappa shape index (κ3) is 1.57. The third-order valence-electron chi connectivity index (χ3n) is 2.30. The van der Waals surface area contributed by atoms with Gasteiger partial charge in [-0.1, -0.05) is 13.0 Å². The first-order valence-electron chi connectivity index (χ1n) is 4.66. The van der Waals surface area contributed by atoms with Crippen LogP contribution in [0, 0.1) is 0 Å². The second-order valence-corrected chi connectivity index (χ2v) is 3.13. The number of ether oxygens (including phenoxy) is 1. The highest BCUT2D eigenvalue weighted by atomic mass is 16.5. The Morgan fingerprint density at radius 2 is 2.54 bits per heavy atom. The van der Waals surface area contributed by atoms with Crippen molar-refractivity contribution in [3.63, 3.8) is 0 Å². The molecule has 0 aromatic carbocycles. The summed E-state index contributed by atoms with van der Waals surface area (Å²) in [7, 11) is 0. The molecule has 0 N–H and O–H groups in total. The maximum Gasteiger partial charge on any atom is 0.143 e. The lowest BCUT2D eigenvalue weighted by Crippen LogP contribution is -2.03. The Hall–Kier alpha value is -1.31. The molecule has 2 heterocycles. The molecule has 0 saturated heterocycles. The van der Waals surface area contributed by atoms with Crippen LogP contribution >= 0.6 is 0 Å². The van der Waals surface area contributed by atoms with Gasteiger partial charge in [-0.2, -0.15) is 0 Å². The third-order valence-corrected chi connectivity index (χ3v) is 2.30. The van der Waals surface area contributed by atoms with E-state index in [1.165, 1.54) is 5.56 Å². The van der Waals surface area contributed by atoms with Crippen LogP contribution in [-0.4, -0.2) is 4.98 Å². The molecule has 0 saturated carbocycles. The molecule has 68 valence electrons. The molecule has 0 amide bonds. The topological polar surface area (TPSA) is 22.1 Å². The second kappa shape index (κ2) is 3.60. The lowest BCUT2D eigenvalue weighted by atomic mass is 10.1. The van der Waals surface area contributed by atoms with Crippen LogP contribution in [0.3, 0.4) is 0 Å². The minimum absolute atomic E-state index is 0.149. The highest BCUT2D eigenvalue weighted by molar-refractivity contribution is 5.23. The van der Waals surface area contributed by atoms with Crippen molar-refractivity contribution in [2.24, 2.45) is 0 Å². The SMILES string of the molecule is CCc1cccnc1C1CC=CO1. The minimum atomic E-state index is 0.149. The average Bonchev–Trinajstić information content (AvgIpc) is 2.70. The van der Waals surface area contributed by atoms with Crippen molar-refractivity contribution >= 4 is 0 Å². The van der Waals surface area contributed by atoms with Crippen LogP contribution in [-0.2, 0) is 11.2 Å². The van der Waals surface area contributed by atoms with Crippen molar-refractivity contribution in [2.75, 3.05) is 0 Å². The zero-order chi connectivity index (χ0) is 9.10. The van der Waals surface area contributed by atoms with Gasteiger partial charge in [-0.3, -0.25) is 4.98 Å². The number of rotatable bonds is 2. The Balaban J connectivity index is 2.27. The summed E-state index contributed by atoms with van der Waals surface area (Å²) in [6, 6.07) is 4.09. The van der Waals surface area contributed by atoms with Crippen LogP contribution in [0.15, 0.2) is 30.7 Å². The summed E-state index contributed by atoms with van der Waals surface area (Å²) in [6.07, 6.45) is 7.75. The van der Waals surface area contributed by atoms with Crippen molar-refractivity contribution in [3.8, 4) is 0 Å². The molecule has 0 fully saturated rings. The van der Waals surface area contributed by atoms with Crippen molar-refractivity contribution in [2.45, 2.75) is 25.9 Å². The van der Waals surface area contributed by atoms with Crippen LogP contribution in [0.4, 0.5) is 0 Å². The van der Waals surface area contributed by atoms with E-state index in [9.17, 15) is 0 Å². The fraction of sp³-hybridized carbons (Fsp3) is 0.364. The van der Waals surface area contributed by atoms with Crippen molar-refractivity contribution in [1.29, 1.82) is 0 Å². The smallest absolute Gasteiger partial charge is 0.143 e. The van der Waals surface area contributed by atoms with Crippen LogP contribution in [0.1, 0.15) is 30.7 Å². The molecule has 2 heteroatoms. The zero-order valence-electron chi connectivity index (χ0n) is 7.73. The zero-order valence-corrected chi connectivity index (χ0v) is 7.73. The summed E-state index contributed by atoms with van der Waals surface area (Å²) in [4.78, 5) is 4.37. The molecular weight excluding hydrogens is 162 g/mol. The van der Waals surface area contributed by atoms with Crippen molar-refractivity contribution in [1.82, 2.24) is 4.98 Å². The second-order valence-electron chi connectivity index (χ2n) is 3.13. The van der Waals surface area contributed by atoms with Crippen molar-refractivity contribution < 1.29 is 4.74 Å². The molecular formula is C11H13NO. The maximum atomic E-state index is 5.44. The fourth-order valence-corrected chi connectivity index (χ4v) is 1.60. The summed E-state index contributed by atoms with van der Waals surface area (Å²) >= 11 is 0. The van der Waals surface area contributed by atoms with E-state index in [1.54, 1.807) is 6.26 Å². The van der Waals surface area contributed by atoms with E-state index in [4.69, 9.17) is 4.74 Å². The molecule has 1 aromatic heterocycles. The number of aromatic nitrogens is 1. The van der Waals surface area contributed by atoms with Crippen LogP contribution in [0.25, 0.3) is 0 Å². The molecule has 0 bridgehead atoms. The van der Waals surface area contributed by atoms with E-state index >= 15 is 0 Å². The van der Waals surface area contributed by atoms with Gasteiger partial charge in [0.1, 0.15) is 6.10 Å². The summed E-state index contributed by atoms with van der Waals surface area (Å²) in [5.74, 6) is 0. The Morgan fingerprint density at radius 3 is 3.23 bits per heavy atom. The molecule has 2 rings (SSSR count). The van der Waals surface area contributed by atoms with Crippen molar-refractivity contribution in [3.05, 3.63) is 41.9 Å². The van der Waals surface area contributed by atoms with E-state index in [-0.39, 0.29) is 6.10 Å². The van der Waals surface area contributed by atoms with Gasteiger partial charge < -0.3 is 4.74 Å². The molecule has 0 radical (unpaired) electrons. The van der Waals surface area contributed by atoms with Gasteiger partial charge in [-0.15, -0.1) is 0 Å². The van der Waals surface area contributed by atoms with Crippen LogP contribution < -0.4 is 0 Å². The van der Waals surface area contributed by atoms with Gasteiger partial charge in [0.25, 0.3) is 0 Å². The number of pyridine rings is 1. The summed E-state index contributed by atoms with van der Waals surface area (Å²) < 4.78 is 5.44. The molecule has 1 aromatic rings. The van der Waals surface area contributed by atoms with Gasteiger partial charge >= 0.3 is 0 Å². The number of hydrogen-bond donors (Lipinski definition) is 0. The normalized spacial score (nSPS) is 20.2. The predicted molar refractivity (Wildman–Crippen MR) is 51.2 cm³/mol. The summed E-state index contributed by atoms with van der Waals surface area (Å²) in [5, 5.41) is 0. The lowest BCUT2D eigenvalue weighted by Gasteiger charge is -2.12. The van der Waals surface area contributed by atoms with E-state index in [1.807, 2.05) is 18.3 Å². The quantitative estimate of drug-likeness (QED) is 0.689. The van der Waals surface area contributed by atoms with Crippen LogP contribution in [0.5, 0.6) is 0 Å². The molecule has 0 aliphatic carbocycles. The summed E-state index contributed by atoms with van der Waals surface area (Å²) in [6.45, 7) is 2.14. The highest BCUT2D eigenvalue weighted by Gasteiger charge is 2.17. The number of aryl methyl sites for hydroxylation is 1. The highest BCUT2D eigenvalue weighted by Crippen LogP contribution is 2.27. The van der Waals surface area contributed by atoms with E-state index in [0.717, 1.165) is 18.5 Å². The van der Waals surface area contributed by atoms with Gasteiger partial charge in [0.2, 0.25) is 0 Å². The Kier molecular flexibility index (Phi) is 2.30. The minimum Gasteiger partial charge on any atom is -0.492 e. The van der Waals surface area contributed by atoms with Gasteiger partial charge in [0, 0.05) is 12.6 Å². The van der Waals surface area contributed by atoms with E-state index in [2.05, 4.69) is 18.0 Å². The Morgan fingerprint density at radius 1 is 1.62 bits per heavy atom. The summed E-state index contributed by atoms with van der Waals surface area (Å²) in [5.41, 5.74) is 2.38. The number of nitrogens with zero attached hydrogens (tertiary/aromatic N) is 1. The molecule has 0 spiro atoms. The standard InChI is InChI=1S/C11H13NO/c1-2-9-5-3-7-12-11(9)10-6-4-8-13-10/h3-5,7-8,10H,2,6H2,1H3. The van der Waals surface area contributed by atoms with Gasteiger partial charge in [-0.05, 0) is 24.1 Å². The monoisotopic (exact) mass is 175 g/mol. The van der Waals surface area contributed by atoms with Crippen LogP contribution in [0.2, 0.25) is 0 Å². The fourth-order valence-electron chi connectivity index (χ4n) is 1.60. The molecule has 13 heavy (non-hydrogen) atoms. The van der Waals surface area contributed by atoms with Gasteiger partial charge in [0.05, 0.1) is 12.0 Å². The van der Waals surface area contributed by atoms with E-state index in [0.29, 0.717) is 0 Å². The Bertz CT molecular complexity index is 312. The maximum absolute atomic E-state index is 5.44. The first-order valence-corrected chi connectivity index (χ1v) is 4.66. The van der Waals surface area contributed by atoms with E-state index < -0.39 is 0 Å². The predicted octanol–water partition coefficient (Wildman–Crippen LogP) is 2.62. The molecule has 1 aliphatic heterocycles. The first-order chi connectivity index (χ1) is 6.42. The molecule has 2 nitrogen and oxygen atoms in total. The van der Waals surface area contributed by atoms with Gasteiger partial charge in [-0.25, -0.2) is 0 Å². The number of hydrogen-bond acceptors (Lipinski definition) is 2.